The normalized spacial score (nSPS) is 38.4. The van der Waals surface area contributed by atoms with E-state index in [1.165, 1.54) is 37.3 Å². The molecule has 0 saturated heterocycles. The van der Waals surface area contributed by atoms with Gasteiger partial charge in [0.25, 0.3) is 0 Å². The molecule has 1 N–H and O–H groups in total. The van der Waals surface area contributed by atoms with Crippen LogP contribution in [0.25, 0.3) is 0 Å². The number of hydrogen-bond acceptors (Lipinski definition) is 3. The third kappa shape index (κ3) is 2.32. The van der Waals surface area contributed by atoms with Crippen LogP contribution in [0.15, 0.2) is 18.2 Å². The highest BCUT2D eigenvalue weighted by Crippen LogP contribution is 2.60. The van der Waals surface area contributed by atoms with Crippen molar-refractivity contribution in [1.29, 1.82) is 0 Å². The number of esters is 1. The van der Waals surface area contributed by atoms with Crippen molar-refractivity contribution in [3.8, 4) is 5.75 Å². The molecule has 124 valence electrons. The number of aliphatic hydroxyl groups is 1. The lowest BCUT2D eigenvalue weighted by atomic mass is 9.55. The van der Waals surface area contributed by atoms with E-state index >= 15 is 0 Å². The van der Waals surface area contributed by atoms with Gasteiger partial charge in [-0.25, -0.2) is 0 Å². The first kappa shape index (κ1) is 15.2. The monoisotopic (exact) mass is 314 g/mol. The van der Waals surface area contributed by atoms with E-state index in [9.17, 15) is 9.90 Å². The topological polar surface area (TPSA) is 46.5 Å². The van der Waals surface area contributed by atoms with Crippen molar-refractivity contribution in [3.05, 3.63) is 29.3 Å². The zero-order valence-corrected chi connectivity index (χ0v) is 14.0. The van der Waals surface area contributed by atoms with E-state index in [4.69, 9.17) is 4.74 Å². The number of carbonyl (C=O) groups is 1. The fraction of sp³-hybridized carbons (Fsp3) is 0.650. The maximum absolute atomic E-state index is 11.2. The van der Waals surface area contributed by atoms with Crippen molar-refractivity contribution in [1.82, 2.24) is 0 Å². The Morgan fingerprint density at radius 2 is 2.09 bits per heavy atom. The van der Waals surface area contributed by atoms with Crippen LogP contribution in [0.1, 0.15) is 63.0 Å². The minimum absolute atomic E-state index is 0.110. The molecule has 0 heterocycles. The molecule has 0 amide bonds. The fourth-order valence-electron chi connectivity index (χ4n) is 5.76. The van der Waals surface area contributed by atoms with E-state index in [-0.39, 0.29) is 17.5 Å². The molecule has 5 atom stereocenters. The number of carbonyl (C=O) groups excluding carboxylic acids is 1. The van der Waals surface area contributed by atoms with Crippen LogP contribution in [-0.2, 0) is 11.2 Å². The van der Waals surface area contributed by atoms with Gasteiger partial charge in [0, 0.05) is 6.92 Å². The molecule has 1 aromatic carbocycles. The van der Waals surface area contributed by atoms with Crippen LogP contribution in [-0.4, -0.2) is 17.2 Å². The van der Waals surface area contributed by atoms with E-state index in [2.05, 4.69) is 19.1 Å². The van der Waals surface area contributed by atoms with E-state index in [0.29, 0.717) is 23.5 Å². The minimum atomic E-state index is -0.257. The SMILES string of the molecule is CC(=O)Oc1ccc2c(c1)CC[C@@H]1[C@H]3CCC(O)[C@]3(C)CC[C@@H]21. The summed E-state index contributed by atoms with van der Waals surface area (Å²) >= 11 is 0. The summed E-state index contributed by atoms with van der Waals surface area (Å²) in [5.41, 5.74) is 2.95. The predicted octanol–water partition coefficient (Wildman–Crippen LogP) is 3.83. The van der Waals surface area contributed by atoms with Crippen LogP contribution in [0.2, 0.25) is 0 Å². The van der Waals surface area contributed by atoms with Crippen LogP contribution < -0.4 is 4.74 Å². The Bertz CT molecular complexity index is 638. The highest BCUT2D eigenvalue weighted by Gasteiger charge is 2.54. The molecule has 0 spiro atoms. The molecule has 4 rings (SSSR count). The van der Waals surface area contributed by atoms with Gasteiger partial charge in [-0.05, 0) is 85.0 Å². The maximum Gasteiger partial charge on any atom is 0.308 e. The number of fused-ring (bicyclic) bond motifs is 5. The van der Waals surface area contributed by atoms with Crippen molar-refractivity contribution < 1.29 is 14.6 Å². The Labute approximate surface area is 138 Å². The molecule has 2 fully saturated rings. The standard InChI is InChI=1S/C20H26O3/c1-12(21)23-14-4-6-15-13(11-14)3-5-17-16(15)9-10-20(2)18(17)7-8-19(20)22/h4,6,11,16-19,22H,3,5,7-10H2,1-2H3/t16-,17-,18+,19?,20+/m0/s1. The average Bonchev–Trinajstić information content (AvgIpc) is 2.82. The molecule has 1 aromatic rings. The van der Waals surface area contributed by atoms with Crippen molar-refractivity contribution >= 4 is 5.97 Å². The molecule has 3 nitrogen and oxygen atoms in total. The van der Waals surface area contributed by atoms with Crippen molar-refractivity contribution in [2.45, 2.75) is 64.4 Å². The Kier molecular flexibility index (Phi) is 3.53. The van der Waals surface area contributed by atoms with Gasteiger partial charge in [-0.3, -0.25) is 4.79 Å². The molecule has 3 aliphatic carbocycles. The second kappa shape index (κ2) is 5.34. The third-order valence-corrected chi connectivity index (χ3v) is 6.91. The van der Waals surface area contributed by atoms with Crippen molar-refractivity contribution in [2.75, 3.05) is 0 Å². The lowest BCUT2D eigenvalue weighted by Crippen LogP contribution is -2.43. The number of aryl methyl sites for hydroxylation is 1. The molecule has 1 unspecified atom stereocenters. The van der Waals surface area contributed by atoms with E-state index in [0.717, 1.165) is 19.3 Å². The Balaban J connectivity index is 1.63. The van der Waals surface area contributed by atoms with Crippen molar-refractivity contribution in [2.24, 2.45) is 17.3 Å². The Morgan fingerprint density at radius 1 is 1.26 bits per heavy atom. The molecule has 2 saturated carbocycles. The predicted molar refractivity (Wildman–Crippen MR) is 88.4 cm³/mol. The Hall–Kier alpha value is -1.35. The number of rotatable bonds is 1. The summed E-state index contributed by atoms with van der Waals surface area (Å²) in [6, 6.07) is 6.18. The van der Waals surface area contributed by atoms with Crippen LogP contribution in [0, 0.1) is 17.3 Å². The minimum Gasteiger partial charge on any atom is -0.427 e. The average molecular weight is 314 g/mol. The second-order valence-corrected chi connectivity index (χ2v) is 8.01. The molecular formula is C20H26O3. The summed E-state index contributed by atoms with van der Waals surface area (Å²) in [5, 5.41) is 10.4. The summed E-state index contributed by atoms with van der Waals surface area (Å²) < 4.78 is 5.24. The molecule has 23 heavy (non-hydrogen) atoms. The third-order valence-electron chi connectivity index (χ3n) is 6.91. The van der Waals surface area contributed by atoms with Crippen LogP contribution in [0.4, 0.5) is 0 Å². The lowest BCUT2D eigenvalue weighted by molar-refractivity contribution is -0.131. The summed E-state index contributed by atoms with van der Waals surface area (Å²) in [7, 11) is 0. The number of benzene rings is 1. The smallest absolute Gasteiger partial charge is 0.308 e. The van der Waals surface area contributed by atoms with E-state index < -0.39 is 0 Å². The van der Waals surface area contributed by atoms with Gasteiger partial charge in [0.15, 0.2) is 0 Å². The van der Waals surface area contributed by atoms with Crippen molar-refractivity contribution in [3.63, 3.8) is 0 Å². The molecule has 3 aliphatic rings. The second-order valence-electron chi connectivity index (χ2n) is 8.01. The van der Waals surface area contributed by atoms with Gasteiger partial charge in [0.1, 0.15) is 5.75 Å². The quantitative estimate of drug-likeness (QED) is 0.633. The highest BCUT2D eigenvalue weighted by molar-refractivity contribution is 5.69. The molecule has 0 radical (unpaired) electrons. The fourth-order valence-corrected chi connectivity index (χ4v) is 5.76. The molecule has 3 heteroatoms. The summed E-state index contributed by atoms with van der Waals surface area (Å²) in [6.45, 7) is 3.76. The van der Waals surface area contributed by atoms with Gasteiger partial charge in [0.05, 0.1) is 6.10 Å². The van der Waals surface area contributed by atoms with Gasteiger partial charge in [-0.2, -0.15) is 0 Å². The van der Waals surface area contributed by atoms with E-state index in [1.54, 1.807) is 0 Å². The highest BCUT2D eigenvalue weighted by atomic mass is 16.5. The van der Waals surface area contributed by atoms with E-state index in [1.807, 2.05) is 6.07 Å². The summed E-state index contributed by atoms with van der Waals surface area (Å²) in [5.74, 6) is 2.41. The number of hydrogen-bond donors (Lipinski definition) is 1. The van der Waals surface area contributed by atoms with Crippen LogP contribution in [0.3, 0.4) is 0 Å². The summed E-state index contributed by atoms with van der Waals surface area (Å²) in [6.07, 6.45) is 6.62. The zero-order chi connectivity index (χ0) is 16.2. The molecule has 0 aliphatic heterocycles. The summed E-state index contributed by atoms with van der Waals surface area (Å²) in [4.78, 5) is 11.2. The van der Waals surface area contributed by atoms with Gasteiger partial charge in [0.2, 0.25) is 0 Å². The molecular weight excluding hydrogens is 288 g/mol. The van der Waals surface area contributed by atoms with Gasteiger partial charge >= 0.3 is 5.97 Å². The van der Waals surface area contributed by atoms with Gasteiger partial charge in [-0.15, -0.1) is 0 Å². The Morgan fingerprint density at radius 3 is 2.87 bits per heavy atom. The largest absolute Gasteiger partial charge is 0.427 e. The lowest BCUT2D eigenvalue weighted by Gasteiger charge is -2.50. The molecule has 0 bridgehead atoms. The van der Waals surface area contributed by atoms with Gasteiger partial charge < -0.3 is 9.84 Å². The first-order chi connectivity index (χ1) is 11.0. The molecule has 0 aromatic heterocycles. The first-order valence-electron chi connectivity index (χ1n) is 8.98. The zero-order valence-electron chi connectivity index (χ0n) is 14.0. The number of aliphatic hydroxyl groups excluding tert-OH is 1. The van der Waals surface area contributed by atoms with Gasteiger partial charge in [-0.1, -0.05) is 13.0 Å². The van der Waals surface area contributed by atoms with Crippen LogP contribution in [0.5, 0.6) is 5.75 Å². The number of ether oxygens (including phenoxy) is 1. The first-order valence-corrected chi connectivity index (χ1v) is 8.98. The van der Waals surface area contributed by atoms with Crippen LogP contribution >= 0.6 is 0 Å². The maximum atomic E-state index is 11.2.